The smallest absolute Gasteiger partial charge is 0.322 e. The highest BCUT2D eigenvalue weighted by molar-refractivity contribution is 6.07. The van der Waals surface area contributed by atoms with Gasteiger partial charge in [-0.05, 0) is 19.3 Å². The van der Waals surface area contributed by atoms with Crippen LogP contribution in [0.25, 0.3) is 5.78 Å². The second-order valence-electron chi connectivity index (χ2n) is 6.34. The Kier molecular flexibility index (Phi) is 3.36. The van der Waals surface area contributed by atoms with E-state index in [-0.39, 0.29) is 5.91 Å². The second-order valence-corrected chi connectivity index (χ2v) is 6.34. The number of nitrogens with one attached hydrogen (secondary N) is 2. The van der Waals surface area contributed by atoms with E-state index in [9.17, 15) is 9.59 Å². The molecule has 1 unspecified atom stereocenters. The van der Waals surface area contributed by atoms with Crippen LogP contribution in [0.2, 0.25) is 0 Å². The normalized spacial score (nSPS) is 23.8. The van der Waals surface area contributed by atoms with Crippen molar-refractivity contribution in [3.8, 4) is 0 Å². The number of urea groups is 1. The van der Waals surface area contributed by atoms with Crippen molar-refractivity contribution in [2.24, 2.45) is 0 Å². The Labute approximate surface area is 138 Å². The Hall–Kier alpha value is -2.71. The molecule has 2 aliphatic rings. The molecular weight excluding hydrogens is 310 g/mol. The van der Waals surface area contributed by atoms with E-state index in [1.807, 2.05) is 6.07 Å². The van der Waals surface area contributed by atoms with E-state index in [1.54, 1.807) is 4.52 Å². The minimum absolute atomic E-state index is 0.255. The van der Waals surface area contributed by atoms with Crippen molar-refractivity contribution in [3.05, 3.63) is 18.1 Å². The van der Waals surface area contributed by atoms with Gasteiger partial charge in [0.1, 0.15) is 17.7 Å². The molecule has 4 heterocycles. The van der Waals surface area contributed by atoms with Crippen molar-refractivity contribution < 1.29 is 9.59 Å². The van der Waals surface area contributed by atoms with E-state index < -0.39 is 11.6 Å². The lowest BCUT2D eigenvalue weighted by Gasteiger charge is -2.39. The van der Waals surface area contributed by atoms with Gasteiger partial charge in [0.15, 0.2) is 0 Å². The van der Waals surface area contributed by atoms with Gasteiger partial charge in [-0.1, -0.05) is 13.3 Å². The average Bonchev–Trinajstić information content (AvgIpc) is 3.12. The van der Waals surface area contributed by atoms with Gasteiger partial charge in [-0.2, -0.15) is 14.6 Å². The average molecular weight is 329 g/mol. The first-order valence-electron chi connectivity index (χ1n) is 8.19. The highest BCUT2D eigenvalue weighted by atomic mass is 16.2. The number of carbonyl (C=O) groups excluding carboxylic acids is 2. The van der Waals surface area contributed by atoms with Crippen LogP contribution in [0.3, 0.4) is 0 Å². The van der Waals surface area contributed by atoms with E-state index in [1.165, 1.54) is 6.33 Å². The van der Waals surface area contributed by atoms with E-state index >= 15 is 0 Å². The van der Waals surface area contributed by atoms with Crippen LogP contribution in [0.15, 0.2) is 12.4 Å². The first-order chi connectivity index (χ1) is 11.6. The third kappa shape index (κ3) is 2.27. The van der Waals surface area contributed by atoms with Gasteiger partial charge in [0.25, 0.3) is 11.7 Å². The number of fused-ring (bicyclic) bond motifs is 1. The van der Waals surface area contributed by atoms with Gasteiger partial charge in [0, 0.05) is 18.3 Å². The molecule has 0 radical (unpaired) electrons. The summed E-state index contributed by atoms with van der Waals surface area (Å²) in [6.07, 6.45) is 4.75. The molecule has 1 spiro atoms. The molecule has 0 aliphatic carbocycles. The van der Waals surface area contributed by atoms with E-state index in [0.717, 1.165) is 37.3 Å². The molecule has 0 bridgehead atoms. The standard InChI is InChI=1S/C15H19N7O2/c1-2-4-10-7-11(22-13(18-10)16-9-17-22)21-6-3-5-15(8-21)12(23)19-14(24)20-15/h7,9H,2-6,8H2,1H3,(H2,19,20,23,24). The third-order valence-electron chi connectivity index (χ3n) is 4.62. The van der Waals surface area contributed by atoms with Crippen LogP contribution < -0.4 is 15.5 Å². The number of hydrogen-bond donors (Lipinski definition) is 2. The van der Waals surface area contributed by atoms with Crippen LogP contribution in [0, 0.1) is 0 Å². The molecule has 3 amide bonds. The van der Waals surface area contributed by atoms with E-state index in [0.29, 0.717) is 18.7 Å². The fraction of sp³-hybridized carbons (Fsp3) is 0.533. The van der Waals surface area contributed by atoms with Crippen molar-refractivity contribution >= 4 is 23.5 Å². The molecular formula is C15H19N7O2. The summed E-state index contributed by atoms with van der Waals surface area (Å²) in [5.74, 6) is 1.15. The first-order valence-corrected chi connectivity index (χ1v) is 8.19. The molecule has 2 aromatic rings. The molecule has 4 rings (SSSR count). The maximum atomic E-state index is 12.3. The van der Waals surface area contributed by atoms with E-state index in [2.05, 4.69) is 37.5 Å². The maximum Gasteiger partial charge on any atom is 0.322 e. The van der Waals surface area contributed by atoms with Crippen LogP contribution in [0.4, 0.5) is 10.6 Å². The summed E-state index contributed by atoms with van der Waals surface area (Å²) in [4.78, 5) is 34.6. The van der Waals surface area contributed by atoms with Gasteiger partial charge < -0.3 is 10.2 Å². The molecule has 9 heteroatoms. The summed E-state index contributed by atoms with van der Waals surface area (Å²) in [7, 11) is 0. The monoisotopic (exact) mass is 329 g/mol. The summed E-state index contributed by atoms with van der Waals surface area (Å²) in [6.45, 7) is 3.30. The van der Waals surface area contributed by atoms with E-state index in [4.69, 9.17) is 0 Å². The third-order valence-corrected chi connectivity index (χ3v) is 4.62. The molecule has 2 aliphatic heterocycles. The van der Waals surface area contributed by atoms with Gasteiger partial charge in [0.2, 0.25) is 0 Å². The molecule has 9 nitrogen and oxygen atoms in total. The van der Waals surface area contributed by atoms with Crippen molar-refractivity contribution in [3.63, 3.8) is 0 Å². The number of anilines is 1. The van der Waals surface area contributed by atoms with Crippen LogP contribution in [-0.2, 0) is 11.2 Å². The summed E-state index contributed by atoms with van der Waals surface area (Å²) in [5.41, 5.74) is 0.0868. The van der Waals surface area contributed by atoms with Crippen LogP contribution in [0.1, 0.15) is 31.9 Å². The lowest BCUT2D eigenvalue weighted by Crippen LogP contribution is -2.59. The molecule has 2 saturated heterocycles. The Morgan fingerprint density at radius 3 is 3.00 bits per heavy atom. The largest absolute Gasteiger partial charge is 0.353 e. The predicted molar refractivity (Wildman–Crippen MR) is 85.6 cm³/mol. The van der Waals surface area contributed by atoms with Gasteiger partial charge in [0.05, 0.1) is 6.54 Å². The van der Waals surface area contributed by atoms with Crippen molar-refractivity contribution in [1.29, 1.82) is 0 Å². The Morgan fingerprint density at radius 1 is 1.38 bits per heavy atom. The van der Waals surface area contributed by atoms with Crippen LogP contribution in [0.5, 0.6) is 0 Å². The predicted octanol–water partition coefficient (Wildman–Crippen LogP) is 0.255. The number of hydrogen-bond acceptors (Lipinski definition) is 6. The topological polar surface area (TPSA) is 105 Å². The highest BCUT2D eigenvalue weighted by Crippen LogP contribution is 2.28. The number of amides is 3. The fourth-order valence-corrected chi connectivity index (χ4v) is 3.52. The number of imide groups is 1. The molecule has 24 heavy (non-hydrogen) atoms. The molecule has 0 saturated carbocycles. The Bertz CT molecular complexity index is 817. The number of piperidine rings is 1. The van der Waals surface area contributed by atoms with Crippen molar-refractivity contribution in [2.45, 2.75) is 38.1 Å². The number of nitrogens with zero attached hydrogens (tertiary/aromatic N) is 5. The minimum atomic E-state index is -0.865. The van der Waals surface area contributed by atoms with Crippen molar-refractivity contribution in [1.82, 2.24) is 30.2 Å². The zero-order valence-corrected chi connectivity index (χ0v) is 13.4. The zero-order valence-electron chi connectivity index (χ0n) is 13.4. The molecule has 2 N–H and O–H groups in total. The number of aromatic nitrogens is 4. The number of rotatable bonds is 3. The fourth-order valence-electron chi connectivity index (χ4n) is 3.52. The van der Waals surface area contributed by atoms with Crippen molar-refractivity contribution in [2.75, 3.05) is 18.0 Å². The molecule has 2 fully saturated rings. The van der Waals surface area contributed by atoms with Gasteiger partial charge in [-0.15, -0.1) is 0 Å². The number of aryl methyl sites for hydroxylation is 1. The quantitative estimate of drug-likeness (QED) is 0.783. The lowest BCUT2D eigenvalue weighted by atomic mass is 9.89. The molecule has 2 aromatic heterocycles. The zero-order chi connectivity index (χ0) is 16.7. The summed E-state index contributed by atoms with van der Waals surface area (Å²) >= 11 is 0. The van der Waals surface area contributed by atoms with Crippen LogP contribution >= 0.6 is 0 Å². The summed E-state index contributed by atoms with van der Waals surface area (Å²) in [5, 5.41) is 9.41. The molecule has 1 atom stereocenters. The minimum Gasteiger partial charge on any atom is -0.353 e. The summed E-state index contributed by atoms with van der Waals surface area (Å²) < 4.78 is 1.69. The molecule has 0 aromatic carbocycles. The number of carbonyl (C=O) groups is 2. The van der Waals surface area contributed by atoms with Gasteiger partial charge >= 0.3 is 6.03 Å². The Balaban J connectivity index is 1.73. The Morgan fingerprint density at radius 2 is 2.25 bits per heavy atom. The summed E-state index contributed by atoms with van der Waals surface area (Å²) in [6, 6.07) is 1.58. The first kappa shape index (κ1) is 14.9. The highest BCUT2D eigenvalue weighted by Gasteiger charge is 2.49. The second kappa shape index (κ2) is 5.43. The van der Waals surface area contributed by atoms with Crippen LogP contribution in [-0.4, -0.2) is 50.1 Å². The maximum absolute atomic E-state index is 12.3. The SMILES string of the molecule is CCCc1cc(N2CCCC3(C2)NC(=O)NC3=O)n2ncnc2n1. The van der Waals surface area contributed by atoms with Gasteiger partial charge in [-0.3, -0.25) is 10.1 Å². The van der Waals surface area contributed by atoms with Gasteiger partial charge in [-0.25, -0.2) is 9.78 Å². The lowest BCUT2D eigenvalue weighted by molar-refractivity contribution is -0.124. The molecule has 126 valence electrons.